The van der Waals surface area contributed by atoms with Crippen LogP contribution >= 0.6 is 0 Å². The minimum absolute atomic E-state index is 0.221. The summed E-state index contributed by atoms with van der Waals surface area (Å²) < 4.78 is 12.3. The molecule has 2 bridgehead atoms. The van der Waals surface area contributed by atoms with Gasteiger partial charge in [0.1, 0.15) is 12.2 Å². The van der Waals surface area contributed by atoms with Crippen LogP contribution in [0.2, 0.25) is 0 Å². The second-order valence-electron chi connectivity index (χ2n) is 9.52. The Labute approximate surface area is 176 Å². The molecule has 0 N–H and O–H groups in total. The van der Waals surface area contributed by atoms with Crippen LogP contribution in [0.25, 0.3) is 0 Å². The highest BCUT2D eigenvalue weighted by Crippen LogP contribution is 2.77. The highest BCUT2D eigenvalue weighted by atomic mass is 16.6. The van der Waals surface area contributed by atoms with Crippen LogP contribution in [0.4, 0.5) is 0 Å². The van der Waals surface area contributed by atoms with Gasteiger partial charge in [0.25, 0.3) is 0 Å². The van der Waals surface area contributed by atoms with Crippen molar-refractivity contribution in [2.24, 2.45) is 29.1 Å². The van der Waals surface area contributed by atoms with Gasteiger partial charge in [-0.3, -0.25) is 0 Å². The molecule has 0 radical (unpaired) electrons. The highest BCUT2D eigenvalue weighted by molar-refractivity contribution is 5.90. The van der Waals surface area contributed by atoms with Gasteiger partial charge < -0.3 is 9.47 Å². The molecule has 30 heavy (non-hydrogen) atoms. The van der Waals surface area contributed by atoms with E-state index < -0.39 is 0 Å². The molecule has 4 heteroatoms. The third kappa shape index (κ3) is 2.59. The SMILES string of the molecule is O=C(OC1C(OC(=O)c2ccccc2)C2C3CCCC3C1C21CC1)c1ccccc1. The van der Waals surface area contributed by atoms with Crippen LogP contribution in [0.3, 0.4) is 0 Å². The fourth-order valence-electron chi connectivity index (χ4n) is 7.16. The van der Waals surface area contributed by atoms with Gasteiger partial charge in [-0.1, -0.05) is 42.8 Å². The normalized spacial score (nSPS) is 34.5. The first kappa shape index (κ1) is 18.2. The number of rotatable bonds is 4. The molecule has 4 nitrogen and oxygen atoms in total. The average molecular weight is 402 g/mol. The van der Waals surface area contributed by atoms with Gasteiger partial charge in [-0.05, 0) is 67.2 Å². The van der Waals surface area contributed by atoms with Crippen LogP contribution in [0.5, 0.6) is 0 Å². The molecular formula is C26H26O4. The minimum Gasteiger partial charge on any atom is -0.454 e. The Morgan fingerprint density at radius 2 is 1.13 bits per heavy atom. The molecule has 2 aromatic rings. The maximum Gasteiger partial charge on any atom is 0.338 e. The number of carbonyl (C=O) groups excluding carboxylic acids is 2. The minimum atomic E-state index is -0.336. The first-order chi connectivity index (χ1) is 14.7. The lowest BCUT2D eigenvalue weighted by Gasteiger charge is -2.37. The van der Waals surface area contributed by atoms with Crippen LogP contribution in [-0.2, 0) is 9.47 Å². The third-order valence-corrected chi connectivity index (χ3v) is 8.24. The van der Waals surface area contributed by atoms with Crippen LogP contribution < -0.4 is 0 Å². The lowest BCUT2D eigenvalue weighted by atomic mass is 9.78. The first-order valence-electron chi connectivity index (χ1n) is 11.2. The molecule has 6 rings (SSSR count). The number of fused-ring (bicyclic) bond motifs is 3. The molecule has 4 saturated carbocycles. The predicted octanol–water partition coefficient (Wildman–Crippen LogP) is 4.89. The summed E-state index contributed by atoms with van der Waals surface area (Å²) in [6.45, 7) is 0. The average Bonchev–Trinajstić information content (AvgIpc) is 3.25. The van der Waals surface area contributed by atoms with Gasteiger partial charge in [0.15, 0.2) is 0 Å². The quantitative estimate of drug-likeness (QED) is 0.683. The monoisotopic (exact) mass is 402 g/mol. The molecule has 154 valence electrons. The zero-order valence-electron chi connectivity index (χ0n) is 16.9. The Kier molecular flexibility index (Phi) is 4.06. The summed E-state index contributed by atoms with van der Waals surface area (Å²) >= 11 is 0. The zero-order valence-corrected chi connectivity index (χ0v) is 16.9. The van der Waals surface area contributed by atoms with Crippen molar-refractivity contribution >= 4 is 11.9 Å². The number of esters is 2. The van der Waals surface area contributed by atoms with Crippen molar-refractivity contribution < 1.29 is 19.1 Å². The Balaban J connectivity index is 1.32. The van der Waals surface area contributed by atoms with Gasteiger partial charge in [0.2, 0.25) is 0 Å². The molecule has 0 aromatic heterocycles. The topological polar surface area (TPSA) is 52.6 Å². The van der Waals surface area contributed by atoms with E-state index in [1.165, 1.54) is 32.1 Å². The van der Waals surface area contributed by atoms with E-state index >= 15 is 0 Å². The summed E-state index contributed by atoms with van der Waals surface area (Å²) in [5.74, 6) is 1.27. The second-order valence-corrected chi connectivity index (χ2v) is 9.52. The molecule has 0 heterocycles. The highest BCUT2D eigenvalue weighted by Gasteiger charge is 2.77. The molecule has 1 spiro atoms. The van der Waals surface area contributed by atoms with Crippen LogP contribution in [-0.4, -0.2) is 24.1 Å². The van der Waals surface area contributed by atoms with E-state index in [9.17, 15) is 9.59 Å². The fraction of sp³-hybridized carbons (Fsp3) is 0.462. The number of benzene rings is 2. The Morgan fingerprint density at radius 1 is 0.700 bits per heavy atom. The van der Waals surface area contributed by atoms with Gasteiger partial charge in [-0.2, -0.15) is 0 Å². The van der Waals surface area contributed by atoms with E-state index in [2.05, 4.69) is 0 Å². The number of carbonyl (C=O) groups is 2. The van der Waals surface area contributed by atoms with Crippen molar-refractivity contribution in [3.05, 3.63) is 71.8 Å². The number of ether oxygens (including phenoxy) is 2. The molecule has 0 saturated heterocycles. The summed E-state index contributed by atoms with van der Waals surface area (Å²) in [4.78, 5) is 25.9. The Morgan fingerprint density at radius 3 is 1.53 bits per heavy atom. The molecule has 4 aliphatic carbocycles. The van der Waals surface area contributed by atoms with Crippen molar-refractivity contribution in [2.45, 2.75) is 44.3 Å². The molecule has 6 unspecified atom stereocenters. The largest absolute Gasteiger partial charge is 0.454 e. The number of hydrogen-bond acceptors (Lipinski definition) is 4. The smallest absolute Gasteiger partial charge is 0.338 e. The van der Waals surface area contributed by atoms with Crippen molar-refractivity contribution in [1.82, 2.24) is 0 Å². The molecular weight excluding hydrogens is 376 g/mol. The zero-order chi connectivity index (χ0) is 20.3. The predicted molar refractivity (Wildman–Crippen MR) is 111 cm³/mol. The Bertz CT molecular complexity index is 890. The van der Waals surface area contributed by atoms with Gasteiger partial charge in [0, 0.05) is 11.8 Å². The molecule has 6 atom stereocenters. The third-order valence-electron chi connectivity index (χ3n) is 8.24. The molecule has 0 aliphatic heterocycles. The van der Waals surface area contributed by atoms with Gasteiger partial charge in [-0.15, -0.1) is 0 Å². The summed E-state index contributed by atoms with van der Waals surface area (Å²) in [6.07, 6.45) is 5.34. The summed E-state index contributed by atoms with van der Waals surface area (Å²) in [6, 6.07) is 18.3. The van der Waals surface area contributed by atoms with Crippen LogP contribution in [0.1, 0.15) is 52.8 Å². The molecule has 4 aliphatic rings. The maximum absolute atomic E-state index is 12.9. The summed E-state index contributed by atoms with van der Waals surface area (Å²) in [5.41, 5.74) is 1.33. The van der Waals surface area contributed by atoms with Gasteiger partial charge in [0.05, 0.1) is 11.1 Å². The lowest BCUT2D eigenvalue weighted by molar-refractivity contribution is -0.0766. The summed E-state index contributed by atoms with van der Waals surface area (Å²) in [7, 11) is 0. The van der Waals surface area contributed by atoms with E-state index in [-0.39, 0.29) is 29.6 Å². The van der Waals surface area contributed by atoms with Crippen LogP contribution in [0.15, 0.2) is 60.7 Å². The van der Waals surface area contributed by atoms with Crippen molar-refractivity contribution in [3.8, 4) is 0 Å². The lowest BCUT2D eigenvalue weighted by Crippen LogP contribution is -2.45. The van der Waals surface area contributed by atoms with Crippen LogP contribution in [0, 0.1) is 29.1 Å². The van der Waals surface area contributed by atoms with E-state index in [1.807, 2.05) is 36.4 Å². The maximum atomic E-state index is 12.9. The van der Waals surface area contributed by atoms with Gasteiger partial charge >= 0.3 is 11.9 Å². The second kappa shape index (κ2) is 6.69. The van der Waals surface area contributed by atoms with Crippen molar-refractivity contribution in [2.75, 3.05) is 0 Å². The molecule has 0 amide bonds. The van der Waals surface area contributed by atoms with E-state index in [0.29, 0.717) is 34.8 Å². The van der Waals surface area contributed by atoms with Gasteiger partial charge in [-0.25, -0.2) is 9.59 Å². The Hall–Kier alpha value is -2.62. The van der Waals surface area contributed by atoms with Crippen molar-refractivity contribution in [1.29, 1.82) is 0 Å². The van der Waals surface area contributed by atoms with E-state index in [1.54, 1.807) is 24.3 Å². The molecule has 2 aromatic carbocycles. The summed E-state index contributed by atoms with van der Waals surface area (Å²) in [5, 5.41) is 0. The first-order valence-corrected chi connectivity index (χ1v) is 11.2. The number of hydrogen-bond donors (Lipinski definition) is 0. The fourth-order valence-corrected chi connectivity index (χ4v) is 7.16. The van der Waals surface area contributed by atoms with Crippen molar-refractivity contribution in [3.63, 3.8) is 0 Å². The standard InChI is InChI=1S/C26H26O4/c27-24(16-8-3-1-4-9-16)29-22-20-18-12-7-13-19(18)21(26(20)14-15-26)23(22)30-25(28)17-10-5-2-6-11-17/h1-6,8-11,18-23H,7,12-15H2. The van der Waals surface area contributed by atoms with E-state index in [0.717, 1.165) is 0 Å². The molecule has 4 fully saturated rings. The van der Waals surface area contributed by atoms with E-state index in [4.69, 9.17) is 9.47 Å².